The lowest BCUT2D eigenvalue weighted by Gasteiger charge is -2.23. The van der Waals surface area contributed by atoms with Crippen molar-refractivity contribution in [2.45, 2.75) is 44.7 Å². The van der Waals surface area contributed by atoms with Gasteiger partial charge in [0, 0.05) is 6.04 Å². The highest BCUT2D eigenvalue weighted by atomic mass is 35.5. The molecule has 0 spiro atoms. The third kappa shape index (κ3) is 3.22. The SMILES string of the molecule is Clc1nc(NC2CCCCC2)c2ncn(Cc3ccccc3)c2n1. The van der Waals surface area contributed by atoms with Crippen LogP contribution in [0.15, 0.2) is 36.7 Å². The van der Waals surface area contributed by atoms with Crippen molar-refractivity contribution >= 4 is 28.6 Å². The van der Waals surface area contributed by atoms with E-state index in [-0.39, 0.29) is 5.28 Å². The number of hydrogen-bond acceptors (Lipinski definition) is 4. The van der Waals surface area contributed by atoms with E-state index < -0.39 is 0 Å². The maximum Gasteiger partial charge on any atom is 0.226 e. The zero-order chi connectivity index (χ0) is 16.4. The van der Waals surface area contributed by atoms with Crippen LogP contribution in [-0.4, -0.2) is 25.6 Å². The smallest absolute Gasteiger partial charge is 0.226 e. The lowest BCUT2D eigenvalue weighted by atomic mass is 9.95. The largest absolute Gasteiger partial charge is 0.365 e. The maximum absolute atomic E-state index is 6.17. The van der Waals surface area contributed by atoms with Gasteiger partial charge < -0.3 is 9.88 Å². The Bertz CT molecular complexity index is 824. The highest BCUT2D eigenvalue weighted by Crippen LogP contribution is 2.26. The number of anilines is 1. The van der Waals surface area contributed by atoms with Crippen molar-refractivity contribution in [3.05, 3.63) is 47.5 Å². The summed E-state index contributed by atoms with van der Waals surface area (Å²) in [6.45, 7) is 0.716. The summed E-state index contributed by atoms with van der Waals surface area (Å²) in [6, 6.07) is 10.7. The van der Waals surface area contributed by atoms with Crippen molar-refractivity contribution < 1.29 is 0 Å². The lowest BCUT2D eigenvalue weighted by Crippen LogP contribution is -2.23. The van der Waals surface area contributed by atoms with Crippen LogP contribution in [0.4, 0.5) is 5.82 Å². The van der Waals surface area contributed by atoms with E-state index in [1.165, 1.54) is 37.7 Å². The van der Waals surface area contributed by atoms with Crippen LogP contribution >= 0.6 is 11.6 Å². The molecule has 124 valence electrons. The molecule has 3 aromatic rings. The van der Waals surface area contributed by atoms with Crippen LogP contribution in [0.5, 0.6) is 0 Å². The van der Waals surface area contributed by atoms with E-state index in [1.54, 1.807) is 0 Å². The molecule has 0 radical (unpaired) electrons. The Morgan fingerprint density at radius 2 is 1.88 bits per heavy atom. The molecular formula is C18H20ClN5. The first-order chi connectivity index (χ1) is 11.8. The molecule has 2 heterocycles. The van der Waals surface area contributed by atoms with Gasteiger partial charge in [0.2, 0.25) is 5.28 Å². The third-order valence-corrected chi connectivity index (χ3v) is 4.75. The van der Waals surface area contributed by atoms with Gasteiger partial charge >= 0.3 is 0 Å². The number of nitrogens with zero attached hydrogens (tertiary/aromatic N) is 4. The van der Waals surface area contributed by atoms with E-state index in [1.807, 2.05) is 29.1 Å². The first kappa shape index (κ1) is 15.4. The molecule has 2 aromatic heterocycles. The molecule has 24 heavy (non-hydrogen) atoms. The molecule has 1 aliphatic carbocycles. The Balaban J connectivity index is 1.66. The molecule has 6 heteroatoms. The van der Waals surface area contributed by atoms with Crippen LogP contribution in [0.2, 0.25) is 5.28 Å². The molecule has 1 saturated carbocycles. The summed E-state index contributed by atoms with van der Waals surface area (Å²) in [6.07, 6.45) is 8.02. The molecule has 0 unspecified atom stereocenters. The normalized spacial score (nSPS) is 15.7. The summed E-state index contributed by atoms with van der Waals surface area (Å²) in [7, 11) is 0. The van der Waals surface area contributed by atoms with E-state index in [4.69, 9.17) is 11.6 Å². The Kier molecular flexibility index (Phi) is 4.34. The second-order valence-electron chi connectivity index (χ2n) is 6.35. The van der Waals surface area contributed by atoms with Crippen LogP contribution in [0.3, 0.4) is 0 Å². The fourth-order valence-corrected chi connectivity index (χ4v) is 3.52. The van der Waals surface area contributed by atoms with Crippen molar-refractivity contribution in [2.24, 2.45) is 0 Å². The summed E-state index contributed by atoms with van der Waals surface area (Å²) in [5.41, 5.74) is 2.77. The molecule has 0 bridgehead atoms. The lowest BCUT2D eigenvalue weighted by molar-refractivity contribution is 0.462. The average molecular weight is 342 g/mol. The number of imidazole rings is 1. The monoisotopic (exact) mass is 341 g/mol. The van der Waals surface area contributed by atoms with Gasteiger partial charge in [0.25, 0.3) is 0 Å². The molecule has 5 nitrogen and oxygen atoms in total. The van der Waals surface area contributed by atoms with Gasteiger partial charge in [-0.05, 0) is 30.0 Å². The zero-order valence-corrected chi connectivity index (χ0v) is 14.2. The summed E-state index contributed by atoms with van der Waals surface area (Å²) >= 11 is 6.17. The van der Waals surface area contributed by atoms with E-state index in [2.05, 4.69) is 32.4 Å². The molecule has 1 aromatic carbocycles. The van der Waals surface area contributed by atoms with Crippen LogP contribution in [0.1, 0.15) is 37.7 Å². The van der Waals surface area contributed by atoms with Gasteiger partial charge in [-0.15, -0.1) is 0 Å². The van der Waals surface area contributed by atoms with Gasteiger partial charge in [0.15, 0.2) is 17.0 Å². The second kappa shape index (κ2) is 6.77. The quantitative estimate of drug-likeness (QED) is 0.720. The fourth-order valence-electron chi connectivity index (χ4n) is 3.35. The van der Waals surface area contributed by atoms with Crippen molar-refractivity contribution in [1.29, 1.82) is 0 Å². The Hall–Kier alpha value is -2.14. The standard InChI is InChI=1S/C18H20ClN5/c19-18-22-16(21-14-9-5-2-6-10-14)15-17(23-18)24(12-20-15)11-13-7-3-1-4-8-13/h1,3-4,7-8,12,14H,2,5-6,9-11H2,(H,21,22,23). The zero-order valence-electron chi connectivity index (χ0n) is 13.5. The molecular weight excluding hydrogens is 322 g/mol. The number of aromatic nitrogens is 4. The van der Waals surface area contributed by atoms with Crippen LogP contribution < -0.4 is 5.32 Å². The topological polar surface area (TPSA) is 55.6 Å². The molecule has 1 fully saturated rings. The summed E-state index contributed by atoms with van der Waals surface area (Å²) in [5, 5.41) is 3.79. The van der Waals surface area contributed by atoms with Gasteiger partial charge in [0.1, 0.15) is 0 Å². The highest BCUT2D eigenvalue weighted by molar-refractivity contribution is 6.28. The number of hydrogen-bond donors (Lipinski definition) is 1. The van der Waals surface area contributed by atoms with Crippen molar-refractivity contribution in [1.82, 2.24) is 19.5 Å². The minimum atomic E-state index is 0.260. The number of halogens is 1. The summed E-state index contributed by atoms with van der Waals surface area (Å²) < 4.78 is 2.02. The molecule has 0 amide bonds. The molecule has 1 aliphatic rings. The van der Waals surface area contributed by atoms with Crippen LogP contribution in [-0.2, 0) is 6.54 Å². The third-order valence-electron chi connectivity index (χ3n) is 4.58. The number of nitrogens with one attached hydrogen (secondary N) is 1. The molecule has 1 N–H and O–H groups in total. The van der Waals surface area contributed by atoms with Crippen LogP contribution in [0, 0.1) is 0 Å². The molecule has 0 saturated heterocycles. The number of rotatable bonds is 4. The van der Waals surface area contributed by atoms with Gasteiger partial charge in [-0.25, -0.2) is 4.98 Å². The summed E-state index contributed by atoms with van der Waals surface area (Å²) in [5.74, 6) is 0.753. The fraction of sp³-hybridized carbons (Fsp3) is 0.389. The van der Waals surface area contributed by atoms with Gasteiger partial charge in [-0.3, -0.25) is 0 Å². The number of fused-ring (bicyclic) bond motifs is 1. The van der Waals surface area contributed by atoms with Crippen molar-refractivity contribution in [3.8, 4) is 0 Å². The number of benzene rings is 1. The Morgan fingerprint density at radius 3 is 2.67 bits per heavy atom. The Morgan fingerprint density at radius 1 is 1.08 bits per heavy atom. The average Bonchev–Trinajstić information content (AvgIpc) is 3.00. The van der Waals surface area contributed by atoms with E-state index in [0.717, 1.165) is 17.0 Å². The predicted octanol–water partition coefficient (Wildman–Crippen LogP) is 4.27. The van der Waals surface area contributed by atoms with Crippen molar-refractivity contribution in [3.63, 3.8) is 0 Å². The first-order valence-corrected chi connectivity index (χ1v) is 8.86. The predicted molar refractivity (Wildman–Crippen MR) is 96.4 cm³/mol. The molecule has 4 rings (SSSR count). The van der Waals surface area contributed by atoms with Crippen molar-refractivity contribution in [2.75, 3.05) is 5.32 Å². The minimum Gasteiger partial charge on any atom is -0.365 e. The van der Waals surface area contributed by atoms with E-state index in [9.17, 15) is 0 Å². The maximum atomic E-state index is 6.17. The molecule has 0 aliphatic heterocycles. The van der Waals surface area contributed by atoms with E-state index >= 15 is 0 Å². The van der Waals surface area contributed by atoms with Gasteiger partial charge in [-0.1, -0.05) is 49.6 Å². The van der Waals surface area contributed by atoms with E-state index in [0.29, 0.717) is 12.6 Å². The first-order valence-electron chi connectivity index (χ1n) is 8.48. The molecule has 0 atom stereocenters. The Labute approximate surface area is 146 Å². The minimum absolute atomic E-state index is 0.260. The summed E-state index contributed by atoms with van der Waals surface area (Å²) in [4.78, 5) is 13.3. The second-order valence-corrected chi connectivity index (χ2v) is 6.69. The highest BCUT2D eigenvalue weighted by Gasteiger charge is 2.18. The van der Waals surface area contributed by atoms with Gasteiger partial charge in [0.05, 0.1) is 12.9 Å². The van der Waals surface area contributed by atoms with Crippen LogP contribution in [0.25, 0.3) is 11.2 Å². The van der Waals surface area contributed by atoms with Gasteiger partial charge in [-0.2, -0.15) is 9.97 Å².